The number of thioether (sulfide) groups is 1. The third kappa shape index (κ3) is 4.54. The van der Waals surface area contributed by atoms with Gasteiger partial charge in [0.2, 0.25) is 11.1 Å². The molecule has 2 N–H and O–H groups in total. The molecule has 27 heavy (non-hydrogen) atoms. The van der Waals surface area contributed by atoms with Crippen molar-refractivity contribution in [3.63, 3.8) is 0 Å². The van der Waals surface area contributed by atoms with Crippen LogP contribution >= 0.6 is 11.8 Å². The molecule has 1 unspecified atom stereocenters. The fourth-order valence-electron chi connectivity index (χ4n) is 2.63. The fourth-order valence-corrected chi connectivity index (χ4v) is 3.36. The first-order valence-corrected chi connectivity index (χ1v) is 9.57. The van der Waals surface area contributed by atoms with Crippen LogP contribution in [-0.2, 0) is 4.79 Å². The van der Waals surface area contributed by atoms with Crippen LogP contribution in [0.2, 0.25) is 0 Å². The number of rotatable bonds is 6. The van der Waals surface area contributed by atoms with Crippen molar-refractivity contribution in [1.82, 2.24) is 15.2 Å². The van der Waals surface area contributed by atoms with Gasteiger partial charge in [0.15, 0.2) is 5.82 Å². The van der Waals surface area contributed by atoms with E-state index in [1.54, 1.807) is 25.1 Å². The van der Waals surface area contributed by atoms with E-state index in [1.165, 1.54) is 17.8 Å². The molecule has 2 aromatic carbocycles. The largest absolute Gasteiger partial charge is 0.325 e. The molecule has 0 radical (unpaired) electrons. The number of carbonyl (C=O) groups is 1. The molecule has 5 nitrogen and oxygen atoms in total. The van der Waals surface area contributed by atoms with E-state index < -0.39 is 5.25 Å². The summed E-state index contributed by atoms with van der Waals surface area (Å²) < 4.78 is 13.9. The quantitative estimate of drug-likeness (QED) is 0.596. The van der Waals surface area contributed by atoms with Gasteiger partial charge in [0.1, 0.15) is 5.82 Å². The van der Waals surface area contributed by atoms with Crippen molar-refractivity contribution in [2.75, 3.05) is 5.32 Å². The minimum Gasteiger partial charge on any atom is -0.325 e. The molecule has 140 valence electrons. The molecule has 1 atom stereocenters. The van der Waals surface area contributed by atoms with Gasteiger partial charge in [-0.2, -0.15) is 0 Å². The number of aromatic nitrogens is 3. The summed E-state index contributed by atoms with van der Waals surface area (Å²) in [5.41, 5.74) is 2.24. The first kappa shape index (κ1) is 19.1. The van der Waals surface area contributed by atoms with Crippen molar-refractivity contribution in [2.24, 2.45) is 0 Å². The van der Waals surface area contributed by atoms with Gasteiger partial charge in [0, 0.05) is 5.69 Å². The van der Waals surface area contributed by atoms with Crippen molar-refractivity contribution in [3.8, 4) is 11.4 Å². The van der Waals surface area contributed by atoms with Crippen LogP contribution in [0, 0.1) is 5.82 Å². The Morgan fingerprint density at radius 3 is 2.56 bits per heavy atom. The number of nitrogens with one attached hydrogen (secondary N) is 2. The van der Waals surface area contributed by atoms with Gasteiger partial charge in [0.05, 0.1) is 10.8 Å². The second-order valence-corrected chi connectivity index (χ2v) is 7.75. The predicted molar refractivity (Wildman–Crippen MR) is 106 cm³/mol. The highest BCUT2D eigenvalue weighted by atomic mass is 32.2. The first-order valence-electron chi connectivity index (χ1n) is 8.69. The summed E-state index contributed by atoms with van der Waals surface area (Å²) in [5.74, 6) is 0.140. The van der Waals surface area contributed by atoms with Crippen LogP contribution in [0.5, 0.6) is 0 Å². The van der Waals surface area contributed by atoms with Crippen molar-refractivity contribution < 1.29 is 9.18 Å². The van der Waals surface area contributed by atoms with Crippen molar-refractivity contribution >= 4 is 23.4 Å². The number of anilines is 1. The second kappa shape index (κ2) is 8.35. The Balaban J connectivity index is 1.68. The van der Waals surface area contributed by atoms with Crippen molar-refractivity contribution in [3.05, 3.63) is 59.9 Å². The molecule has 0 saturated heterocycles. The second-order valence-electron chi connectivity index (χ2n) is 6.44. The van der Waals surface area contributed by atoms with E-state index in [0.717, 1.165) is 11.3 Å². The Morgan fingerprint density at radius 2 is 1.81 bits per heavy atom. The molecule has 3 rings (SSSR count). The molecule has 0 fully saturated rings. The minimum absolute atomic E-state index is 0.134. The maximum atomic E-state index is 13.9. The van der Waals surface area contributed by atoms with Gasteiger partial charge in [-0.25, -0.2) is 9.37 Å². The summed E-state index contributed by atoms with van der Waals surface area (Å²) in [6.07, 6.45) is 0. The zero-order valence-electron chi connectivity index (χ0n) is 15.4. The monoisotopic (exact) mass is 384 g/mol. The van der Waals surface area contributed by atoms with E-state index in [-0.39, 0.29) is 11.7 Å². The minimum atomic E-state index is -0.408. The third-order valence-electron chi connectivity index (χ3n) is 4.09. The summed E-state index contributed by atoms with van der Waals surface area (Å²) in [5, 5.41) is 9.78. The lowest BCUT2D eigenvalue weighted by molar-refractivity contribution is -0.115. The summed E-state index contributed by atoms with van der Waals surface area (Å²) in [6.45, 7) is 5.96. The van der Waals surface area contributed by atoms with E-state index in [4.69, 9.17) is 0 Å². The first-order chi connectivity index (χ1) is 13.0. The van der Waals surface area contributed by atoms with E-state index in [0.29, 0.717) is 22.5 Å². The van der Waals surface area contributed by atoms with Crippen LogP contribution in [-0.4, -0.2) is 26.3 Å². The number of benzene rings is 2. The van der Waals surface area contributed by atoms with E-state index >= 15 is 0 Å². The zero-order valence-corrected chi connectivity index (χ0v) is 16.2. The molecule has 0 aliphatic heterocycles. The van der Waals surface area contributed by atoms with Crippen LogP contribution in [0.3, 0.4) is 0 Å². The van der Waals surface area contributed by atoms with Gasteiger partial charge >= 0.3 is 0 Å². The van der Waals surface area contributed by atoms with Crippen LogP contribution in [0.4, 0.5) is 10.1 Å². The topological polar surface area (TPSA) is 70.7 Å². The van der Waals surface area contributed by atoms with Gasteiger partial charge in [-0.05, 0) is 36.6 Å². The van der Waals surface area contributed by atoms with Crippen molar-refractivity contribution in [1.29, 1.82) is 0 Å². The summed E-state index contributed by atoms with van der Waals surface area (Å²) in [7, 11) is 0. The normalized spacial score (nSPS) is 12.2. The number of carbonyl (C=O) groups excluding carboxylic acids is 1. The SMILES string of the molecule is CC(Sc1n[nH]c(-c2ccccc2F)n1)C(=O)Nc1ccccc1C(C)C. The van der Waals surface area contributed by atoms with Crippen LogP contribution < -0.4 is 5.32 Å². The molecular weight excluding hydrogens is 363 g/mol. The maximum absolute atomic E-state index is 13.9. The lowest BCUT2D eigenvalue weighted by atomic mass is 10.0. The Bertz CT molecular complexity index is 941. The van der Waals surface area contributed by atoms with Gasteiger partial charge in [-0.15, -0.1) is 5.10 Å². The summed E-state index contributed by atoms with van der Waals surface area (Å²) in [6, 6.07) is 14.1. The number of halogens is 1. The lowest BCUT2D eigenvalue weighted by Crippen LogP contribution is -2.23. The molecule has 1 heterocycles. The number of para-hydroxylation sites is 1. The molecule has 0 aliphatic carbocycles. The number of hydrogen-bond donors (Lipinski definition) is 2. The number of H-pyrrole nitrogens is 1. The van der Waals surface area contributed by atoms with Crippen molar-refractivity contribution in [2.45, 2.75) is 37.1 Å². The molecule has 1 aromatic heterocycles. The van der Waals surface area contributed by atoms with E-state index in [2.05, 4.69) is 34.3 Å². The highest BCUT2D eigenvalue weighted by Crippen LogP contribution is 2.27. The Kier molecular flexibility index (Phi) is 5.91. The van der Waals surface area contributed by atoms with Crippen LogP contribution in [0.15, 0.2) is 53.7 Å². The van der Waals surface area contributed by atoms with Crippen LogP contribution in [0.25, 0.3) is 11.4 Å². The highest BCUT2D eigenvalue weighted by molar-refractivity contribution is 8.00. The van der Waals surface area contributed by atoms with Gasteiger partial charge in [-0.1, -0.05) is 55.9 Å². The highest BCUT2D eigenvalue weighted by Gasteiger charge is 2.19. The van der Waals surface area contributed by atoms with Gasteiger partial charge in [0.25, 0.3) is 0 Å². The molecule has 7 heteroatoms. The number of amides is 1. The van der Waals surface area contributed by atoms with Crippen LogP contribution in [0.1, 0.15) is 32.3 Å². The average Bonchev–Trinajstić information content (AvgIpc) is 3.10. The van der Waals surface area contributed by atoms with Gasteiger partial charge < -0.3 is 5.32 Å². The number of hydrogen-bond acceptors (Lipinski definition) is 4. The standard InChI is InChI=1S/C20H21FN4OS/c1-12(2)14-8-5-7-11-17(14)22-19(26)13(3)27-20-23-18(24-25-20)15-9-4-6-10-16(15)21/h4-13H,1-3H3,(H,22,26)(H,23,24,25). The maximum Gasteiger partial charge on any atom is 0.237 e. The molecular formula is C20H21FN4OS. The summed E-state index contributed by atoms with van der Waals surface area (Å²) >= 11 is 1.22. The molecule has 1 amide bonds. The fraction of sp³-hybridized carbons (Fsp3) is 0.250. The zero-order chi connectivity index (χ0) is 19.4. The lowest BCUT2D eigenvalue weighted by Gasteiger charge is -2.15. The molecule has 0 spiro atoms. The number of aromatic amines is 1. The Hall–Kier alpha value is -2.67. The molecule has 0 saturated carbocycles. The molecule has 0 aliphatic rings. The Morgan fingerprint density at radius 1 is 1.11 bits per heavy atom. The third-order valence-corrected chi connectivity index (χ3v) is 5.05. The molecule has 0 bridgehead atoms. The Labute approximate surface area is 161 Å². The summed E-state index contributed by atoms with van der Waals surface area (Å²) in [4.78, 5) is 16.9. The number of nitrogens with zero attached hydrogens (tertiary/aromatic N) is 2. The predicted octanol–water partition coefficient (Wildman–Crippen LogP) is 4.85. The molecule has 3 aromatic rings. The van der Waals surface area contributed by atoms with E-state index in [9.17, 15) is 9.18 Å². The average molecular weight is 384 g/mol. The van der Waals surface area contributed by atoms with Gasteiger partial charge in [-0.3, -0.25) is 9.89 Å². The smallest absolute Gasteiger partial charge is 0.237 e. The van der Waals surface area contributed by atoms with E-state index in [1.807, 2.05) is 24.3 Å².